The van der Waals surface area contributed by atoms with Gasteiger partial charge in [0.1, 0.15) is 17.1 Å². The molecule has 0 saturated heterocycles. The molecule has 0 fully saturated rings. The Morgan fingerprint density at radius 1 is 0.676 bits per heavy atom. The number of rotatable bonds is 6. The molecule has 0 saturated carbocycles. The summed E-state index contributed by atoms with van der Waals surface area (Å²) < 4.78 is 10.5. The Balaban J connectivity index is 1.90. The van der Waals surface area contributed by atoms with Gasteiger partial charge in [0.15, 0.2) is 0 Å². The van der Waals surface area contributed by atoms with E-state index in [1.807, 2.05) is 115 Å². The van der Waals surface area contributed by atoms with Crippen LogP contribution in [0.15, 0.2) is 115 Å². The second-order valence-electron chi connectivity index (χ2n) is 7.75. The fourth-order valence-electron chi connectivity index (χ4n) is 3.75. The first kappa shape index (κ1) is 22.9. The predicted molar refractivity (Wildman–Crippen MR) is 137 cm³/mol. The lowest BCUT2D eigenvalue weighted by molar-refractivity contribution is 0.127. The van der Waals surface area contributed by atoms with Crippen molar-refractivity contribution in [3.05, 3.63) is 137 Å². The van der Waals surface area contributed by atoms with Crippen LogP contribution < -0.4 is 9.47 Å². The summed E-state index contributed by atoms with van der Waals surface area (Å²) in [7, 11) is 3.27. The third-order valence-corrected chi connectivity index (χ3v) is 5.63. The van der Waals surface area contributed by atoms with Gasteiger partial charge in [0.2, 0.25) is 0 Å². The van der Waals surface area contributed by atoms with E-state index in [2.05, 4.69) is 11.8 Å². The summed E-state index contributed by atoms with van der Waals surface area (Å²) >= 11 is 0. The second-order valence-corrected chi connectivity index (χ2v) is 7.75. The Morgan fingerprint density at radius 3 is 1.62 bits per heavy atom. The minimum atomic E-state index is -1.44. The molecular weight excluding hydrogens is 420 g/mol. The van der Waals surface area contributed by atoms with Crippen LogP contribution in [0, 0.1) is 11.8 Å². The molecule has 4 aromatic carbocycles. The first-order valence-electron chi connectivity index (χ1n) is 11.0. The van der Waals surface area contributed by atoms with Crippen molar-refractivity contribution < 1.29 is 14.6 Å². The van der Waals surface area contributed by atoms with E-state index >= 15 is 0 Å². The number of hydrogen-bond acceptors (Lipinski definition) is 3. The molecule has 4 rings (SSSR count). The van der Waals surface area contributed by atoms with Crippen LogP contribution in [0.3, 0.4) is 0 Å². The molecule has 0 amide bonds. The molecule has 0 heterocycles. The lowest BCUT2D eigenvalue weighted by Crippen LogP contribution is -2.29. The minimum absolute atomic E-state index is 0.561. The highest BCUT2D eigenvalue weighted by atomic mass is 16.5. The maximum absolute atomic E-state index is 12.3. The second kappa shape index (κ2) is 10.6. The molecule has 0 aliphatic rings. The number of aliphatic hydroxyl groups is 1. The van der Waals surface area contributed by atoms with Gasteiger partial charge in [-0.25, -0.2) is 0 Å². The first-order valence-corrected chi connectivity index (χ1v) is 11.0. The van der Waals surface area contributed by atoms with Gasteiger partial charge in [-0.15, -0.1) is 0 Å². The van der Waals surface area contributed by atoms with Gasteiger partial charge in [-0.1, -0.05) is 84.6 Å². The number of ether oxygens (including phenoxy) is 2. The molecule has 3 heteroatoms. The molecule has 168 valence electrons. The van der Waals surface area contributed by atoms with E-state index in [1.54, 1.807) is 14.2 Å². The molecule has 3 nitrogen and oxygen atoms in total. The molecule has 0 unspecified atom stereocenters. The third kappa shape index (κ3) is 5.04. The third-order valence-electron chi connectivity index (χ3n) is 5.63. The zero-order valence-corrected chi connectivity index (χ0v) is 19.2. The van der Waals surface area contributed by atoms with Crippen molar-refractivity contribution in [1.82, 2.24) is 0 Å². The molecule has 0 radical (unpaired) electrons. The molecule has 4 aromatic rings. The average molecular weight is 447 g/mol. The van der Waals surface area contributed by atoms with Crippen molar-refractivity contribution in [3.63, 3.8) is 0 Å². The summed E-state index contributed by atoms with van der Waals surface area (Å²) in [5.74, 6) is 8.04. The average Bonchev–Trinajstić information content (AvgIpc) is 2.92. The van der Waals surface area contributed by atoms with Gasteiger partial charge < -0.3 is 14.6 Å². The summed E-state index contributed by atoms with van der Waals surface area (Å²) in [6.45, 7) is 0. The SMILES string of the molecule is COc1ccc(C#C/C(=C\c2ccc(OC)cc2)C(O)(c2ccccc2)c2ccccc2)cc1. The normalized spacial score (nSPS) is 11.3. The molecule has 0 aromatic heterocycles. The molecule has 0 aliphatic carbocycles. The van der Waals surface area contributed by atoms with Crippen LogP contribution >= 0.6 is 0 Å². The number of benzene rings is 4. The van der Waals surface area contributed by atoms with Gasteiger partial charge in [0.25, 0.3) is 0 Å². The monoisotopic (exact) mass is 446 g/mol. The van der Waals surface area contributed by atoms with E-state index in [0.717, 1.165) is 33.8 Å². The van der Waals surface area contributed by atoms with Crippen LogP contribution in [0.2, 0.25) is 0 Å². The fourth-order valence-corrected chi connectivity index (χ4v) is 3.75. The van der Waals surface area contributed by atoms with Crippen LogP contribution in [0.5, 0.6) is 11.5 Å². The largest absolute Gasteiger partial charge is 0.497 e. The van der Waals surface area contributed by atoms with Gasteiger partial charge in [0, 0.05) is 11.1 Å². The standard InChI is InChI=1S/C31H26O3/c1-33-29-19-14-24(15-20-29)13-18-28(23-25-16-21-30(34-2)22-17-25)31(32,26-9-5-3-6-10-26)27-11-7-4-8-12-27/h3-12,14-17,19-23,32H,1-2H3/b28-23+. The topological polar surface area (TPSA) is 38.7 Å². The summed E-state index contributed by atoms with van der Waals surface area (Å²) in [5, 5.41) is 12.3. The summed E-state index contributed by atoms with van der Waals surface area (Å²) in [6.07, 6.45) is 1.93. The highest BCUT2D eigenvalue weighted by Crippen LogP contribution is 2.37. The van der Waals surface area contributed by atoms with Crippen LogP contribution in [-0.4, -0.2) is 19.3 Å². The van der Waals surface area contributed by atoms with E-state index < -0.39 is 5.60 Å². The smallest absolute Gasteiger partial charge is 0.148 e. The van der Waals surface area contributed by atoms with Gasteiger partial charge in [0.05, 0.1) is 14.2 Å². The quantitative estimate of drug-likeness (QED) is 0.365. The van der Waals surface area contributed by atoms with Crippen molar-refractivity contribution in [1.29, 1.82) is 0 Å². The van der Waals surface area contributed by atoms with E-state index in [1.165, 1.54) is 0 Å². The molecule has 0 atom stereocenters. The van der Waals surface area contributed by atoms with Crippen molar-refractivity contribution >= 4 is 6.08 Å². The van der Waals surface area contributed by atoms with E-state index in [0.29, 0.717) is 5.57 Å². The zero-order chi connectivity index (χ0) is 23.8. The van der Waals surface area contributed by atoms with E-state index in [4.69, 9.17) is 9.47 Å². The van der Waals surface area contributed by atoms with E-state index in [9.17, 15) is 5.11 Å². The summed E-state index contributed by atoms with van der Waals surface area (Å²) in [5.41, 5.74) is 2.33. The first-order chi connectivity index (χ1) is 16.6. The molecule has 34 heavy (non-hydrogen) atoms. The van der Waals surface area contributed by atoms with Crippen LogP contribution in [0.4, 0.5) is 0 Å². The minimum Gasteiger partial charge on any atom is -0.497 e. The van der Waals surface area contributed by atoms with Crippen molar-refractivity contribution in [3.8, 4) is 23.3 Å². The highest BCUT2D eigenvalue weighted by Gasteiger charge is 2.35. The highest BCUT2D eigenvalue weighted by molar-refractivity contribution is 5.67. The Labute approximate surface area is 200 Å². The molecule has 0 aliphatic heterocycles. The van der Waals surface area contributed by atoms with Crippen LogP contribution in [-0.2, 0) is 5.60 Å². The predicted octanol–water partition coefficient (Wildman–Crippen LogP) is 6.08. The molecule has 0 spiro atoms. The zero-order valence-electron chi connectivity index (χ0n) is 19.2. The van der Waals surface area contributed by atoms with Gasteiger partial charge in [-0.3, -0.25) is 0 Å². The maximum Gasteiger partial charge on any atom is 0.148 e. The summed E-state index contributed by atoms with van der Waals surface area (Å²) in [4.78, 5) is 0. The van der Waals surface area contributed by atoms with E-state index in [-0.39, 0.29) is 0 Å². The van der Waals surface area contributed by atoms with Crippen molar-refractivity contribution in [2.24, 2.45) is 0 Å². The fraction of sp³-hybridized carbons (Fsp3) is 0.0968. The number of hydrogen-bond donors (Lipinski definition) is 1. The van der Waals surface area contributed by atoms with Gasteiger partial charge in [-0.05, 0) is 59.2 Å². The number of methoxy groups -OCH3 is 2. The maximum atomic E-state index is 12.3. The molecular formula is C31H26O3. The Kier molecular flexibility index (Phi) is 7.13. The summed E-state index contributed by atoms with van der Waals surface area (Å²) in [6, 6.07) is 34.5. The molecule has 1 N–H and O–H groups in total. The van der Waals surface area contributed by atoms with Crippen molar-refractivity contribution in [2.75, 3.05) is 14.2 Å². The lowest BCUT2D eigenvalue weighted by Gasteiger charge is -2.30. The van der Waals surface area contributed by atoms with Gasteiger partial charge >= 0.3 is 0 Å². The van der Waals surface area contributed by atoms with Crippen LogP contribution in [0.1, 0.15) is 22.3 Å². The Morgan fingerprint density at radius 2 is 1.15 bits per heavy atom. The van der Waals surface area contributed by atoms with Crippen LogP contribution in [0.25, 0.3) is 6.08 Å². The Bertz CT molecular complexity index is 1260. The van der Waals surface area contributed by atoms with Crippen molar-refractivity contribution in [2.45, 2.75) is 5.60 Å². The van der Waals surface area contributed by atoms with Gasteiger partial charge in [-0.2, -0.15) is 0 Å². The Hall–Kier alpha value is -4.26. The molecule has 0 bridgehead atoms. The lowest BCUT2D eigenvalue weighted by atomic mass is 9.79.